The number of benzene rings is 2. The largest absolute Gasteiger partial charge is 0.497 e. The Morgan fingerprint density at radius 3 is 2.69 bits per heavy atom. The number of rotatable bonds is 6. The Morgan fingerprint density at radius 1 is 1.24 bits per heavy atom. The van der Waals surface area contributed by atoms with Gasteiger partial charge in [-0.1, -0.05) is 25.1 Å². The van der Waals surface area contributed by atoms with E-state index in [1.54, 1.807) is 38.3 Å². The number of ether oxygens (including phenoxy) is 1. The van der Waals surface area contributed by atoms with Gasteiger partial charge in [0.2, 0.25) is 0 Å². The molecule has 1 atom stereocenters. The van der Waals surface area contributed by atoms with Crippen LogP contribution in [0, 0.1) is 0 Å². The molecule has 0 radical (unpaired) electrons. The van der Waals surface area contributed by atoms with Crippen molar-refractivity contribution in [3.8, 4) is 5.75 Å². The van der Waals surface area contributed by atoms with Gasteiger partial charge in [-0.15, -0.1) is 11.3 Å². The molecule has 29 heavy (non-hydrogen) atoms. The minimum Gasteiger partial charge on any atom is -0.497 e. The highest BCUT2D eigenvalue weighted by Gasteiger charge is 2.24. The number of aromatic nitrogens is 3. The summed E-state index contributed by atoms with van der Waals surface area (Å²) in [6.45, 7) is 1.97. The summed E-state index contributed by atoms with van der Waals surface area (Å²) in [4.78, 5) is 29.3. The molecule has 148 valence electrons. The fourth-order valence-electron chi connectivity index (χ4n) is 3.39. The van der Waals surface area contributed by atoms with Crippen LogP contribution >= 0.6 is 11.3 Å². The normalized spacial score (nSPS) is 12.3. The van der Waals surface area contributed by atoms with Gasteiger partial charge >= 0.3 is 5.97 Å². The molecule has 2 aromatic heterocycles. The summed E-state index contributed by atoms with van der Waals surface area (Å²) in [5.41, 5.74) is 0.926. The van der Waals surface area contributed by atoms with Gasteiger partial charge in [-0.25, -0.2) is 9.67 Å². The van der Waals surface area contributed by atoms with Crippen LogP contribution in [0.3, 0.4) is 0 Å². The number of hydrogen-bond acceptors (Lipinski definition) is 6. The second-order valence-corrected chi connectivity index (χ2v) is 7.75. The molecule has 0 aliphatic heterocycles. The highest BCUT2D eigenvalue weighted by Crippen LogP contribution is 2.27. The molecule has 0 aliphatic rings. The molecule has 7 nitrogen and oxygen atoms in total. The third-order valence-electron chi connectivity index (χ3n) is 4.86. The number of carboxylic acid groups (broad SMARTS) is 1. The predicted molar refractivity (Wildman–Crippen MR) is 112 cm³/mol. The van der Waals surface area contributed by atoms with Crippen molar-refractivity contribution in [1.82, 2.24) is 14.8 Å². The highest BCUT2D eigenvalue weighted by molar-refractivity contribution is 7.18. The van der Waals surface area contributed by atoms with Crippen LogP contribution in [0.25, 0.3) is 21.0 Å². The number of aliphatic carboxylic acids is 1. The molecule has 0 spiro atoms. The maximum atomic E-state index is 13.0. The number of carboxylic acids is 1. The first kappa shape index (κ1) is 19.1. The Balaban J connectivity index is 1.84. The van der Waals surface area contributed by atoms with Crippen molar-refractivity contribution in [3.63, 3.8) is 0 Å². The second-order valence-electron chi connectivity index (χ2n) is 6.63. The lowest BCUT2D eigenvalue weighted by molar-refractivity contribution is -0.138. The number of hydrogen-bond donors (Lipinski definition) is 1. The third-order valence-corrected chi connectivity index (χ3v) is 5.88. The van der Waals surface area contributed by atoms with Crippen LogP contribution in [-0.2, 0) is 11.3 Å². The van der Waals surface area contributed by atoms with Crippen molar-refractivity contribution in [2.45, 2.75) is 25.8 Å². The number of methoxy groups -OCH3 is 1. The van der Waals surface area contributed by atoms with E-state index in [2.05, 4.69) is 10.1 Å². The molecule has 0 saturated heterocycles. The molecule has 2 heterocycles. The van der Waals surface area contributed by atoms with E-state index in [1.807, 2.05) is 18.2 Å². The van der Waals surface area contributed by atoms with Crippen LogP contribution in [0.15, 0.2) is 47.3 Å². The maximum Gasteiger partial charge on any atom is 0.312 e. The smallest absolute Gasteiger partial charge is 0.312 e. The first-order valence-electron chi connectivity index (χ1n) is 9.17. The SMILES string of the molecule is CCC(C(=O)O)c1nn(Cc2nc3cc(OC)ccc3s2)c(=O)c2ccccc12. The van der Waals surface area contributed by atoms with Crippen molar-refractivity contribution >= 4 is 38.3 Å². The van der Waals surface area contributed by atoms with E-state index >= 15 is 0 Å². The van der Waals surface area contributed by atoms with Gasteiger partial charge in [0.05, 0.1) is 35.0 Å². The lowest BCUT2D eigenvalue weighted by Gasteiger charge is -2.14. The van der Waals surface area contributed by atoms with Crippen LogP contribution in [0.1, 0.15) is 30.0 Å². The molecule has 2 aromatic carbocycles. The summed E-state index contributed by atoms with van der Waals surface area (Å²) in [5, 5.41) is 15.8. The van der Waals surface area contributed by atoms with Crippen molar-refractivity contribution in [2.75, 3.05) is 7.11 Å². The van der Waals surface area contributed by atoms with E-state index in [0.29, 0.717) is 33.6 Å². The highest BCUT2D eigenvalue weighted by atomic mass is 32.1. The summed E-state index contributed by atoms with van der Waals surface area (Å²) < 4.78 is 7.53. The lowest BCUT2D eigenvalue weighted by Crippen LogP contribution is -2.27. The Morgan fingerprint density at radius 2 is 2.00 bits per heavy atom. The molecule has 0 bridgehead atoms. The predicted octanol–water partition coefficient (Wildman–Crippen LogP) is 3.64. The van der Waals surface area contributed by atoms with Crippen LogP contribution in [0.4, 0.5) is 0 Å². The fourth-order valence-corrected chi connectivity index (χ4v) is 4.32. The van der Waals surface area contributed by atoms with Crippen molar-refractivity contribution < 1.29 is 14.6 Å². The molecule has 0 saturated carbocycles. The minimum absolute atomic E-state index is 0.175. The molecule has 8 heteroatoms. The molecule has 1 unspecified atom stereocenters. The van der Waals surface area contributed by atoms with Crippen molar-refractivity contribution in [3.05, 3.63) is 63.5 Å². The number of thiazole rings is 1. The van der Waals surface area contributed by atoms with E-state index in [9.17, 15) is 14.7 Å². The zero-order valence-corrected chi connectivity index (χ0v) is 16.8. The first-order chi connectivity index (χ1) is 14.0. The van der Waals surface area contributed by atoms with Crippen LogP contribution < -0.4 is 10.3 Å². The fraction of sp³-hybridized carbons (Fsp3) is 0.238. The standard InChI is InChI=1S/C21H19N3O4S/c1-3-13(21(26)27)19-14-6-4-5-7-15(14)20(25)24(23-19)11-18-22-16-10-12(28-2)8-9-17(16)29-18/h4-10,13H,3,11H2,1-2H3,(H,26,27). The van der Waals surface area contributed by atoms with Crippen molar-refractivity contribution in [1.29, 1.82) is 0 Å². The number of fused-ring (bicyclic) bond motifs is 2. The Labute approximate surface area is 170 Å². The topological polar surface area (TPSA) is 94.3 Å². The average molecular weight is 409 g/mol. The zero-order valence-electron chi connectivity index (χ0n) is 16.0. The quantitative estimate of drug-likeness (QED) is 0.522. The van der Waals surface area contributed by atoms with Gasteiger partial charge in [0.15, 0.2) is 0 Å². The molecule has 0 fully saturated rings. The van der Waals surface area contributed by atoms with Gasteiger partial charge in [-0.2, -0.15) is 5.10 Å². The number of carbonyl (C=O) groups is 1. The summed E-state index contributed by atoms with van der Waals surface area (Å²) in [5.74, 6) is -1.03. The van der Waals surface area contributed by atoms with Gasteiger partial charge < -0.3 is 9.84 Å². The molecule has 4 rings (SSSR count). The third kappa shape index (κ3) is 3.47. The summed E-state index contributed by atoms with van der Waals surface area (Å²) in [6, 6.07) is 12.6. The van der Waals surface area contributed by atoms with E-state index in [0.717, 1.165) is 10.2 Å². The van der Waals surface area contributed by atoms with Crippen LogP contribution in [0.2, 0.25) is 0 Å². The van der Waals surface area contributed by atoms with Gasteiger partial charge in [0, 0.05) is 11.5 Å². The average Bonchev–Trinajstić information content (AvgIpc) is 3.12. The monoisotopic (exact) mass is 409 g/mol. The van der Waals surface area contributed by atoms with Gasteiger partial charge in [-0.3, -0.25) is 9.59 Å². The lowest BCUT2D eigenvalue weighted by atomic mass is 9.97. The molecular weight excluding hydrogens is 390 g/mol. The molecule has 0 aliphatic carbocycles. The first-order valence-corrected chi connectivity index (χ1v) is 9.99. The summed E-state index contributed by atoms with van der Waals surface area (Å²) in [6.07, 6.45) is 0.380. The molecule has 1 N–H and O–H groups in total. The Kier molecular flexibility index (Phi) is 5.02. The van der Waals surface area contributed by atoms with Crippen LogP contribution in [0.5, 0.6) is 5.75 Å². The van der Waals surface area contributed by atoms with E-state index in [4.69, 9.17) is 4.74 Å². The number of nitrogens with zero attached hydrogens (tertiary/aromatic N) is 3. The maximum absolute atomic E-state index is 13.0. The van der Waals surface area contributed by atoms with Gasteiger partial charge in [-0.05, 0) is 24.6 Å². The van der Waals surface area contributed by atoms with Gasteiger partial charge in [0.25, 0.3) is 5.56 Å². The van der Waals surface area contributed by atoms with Crippen LogP contribution in [-0.4, -0.2) is 33.0 Å². The van der Waals surface area contributed by atoms with Gasteiger partial charge in [0.1, 0.15) is 16.7 Å². The summed E-state index contributed by atoms with van der Waals surface area (Å²) >= 11 is 1.47. The minimum atomic E-state index is -0.956. The van der Waals surface area contributed by atoms with E-state index < -0.39 is 11.9 Å². The molecular formula is C21H19N3O4S. The molecule has 0 amide bonds. The Hall–Kier alpha value is -3.26. The molecule has 4 aromatic rings. The second kappa shape index (κ2) is 7.63. The zero-order chi connectivity index (χ0) is 20.5. The summed E-state index contributed by atoms with van der Waals surface area (Å²) in [7, 11) is 1.60. The van der Waals surface area contributed by atoms with Crippen molar-refractivity contribution in [2.24, 2.45) is 0 Å². The Bertz CT molecular complexity index is 1280. The van der Waals surface area contributed by atoms with E-state index in [1.165, 1.54) is 16.0 Å². The van der Waals surface area contributed by atoms with E-state index in [-0.39, 0.29) is 12.1 Å².